The number of aromatic nitrogens is 1. The van der Waals surface area contributed by atoms with Crippen LogP contribution < -0.4 is 5.32 Å². The molecule has 0 radical (unpaired) electrons. The van der Waals surface area contributed by atoms with E-state index in [1.165, 1.54) is 16.7 Å². The maximum atomic E-state index is 11.9. The molecule has 0 aromatic carbocycles. The predicted octanol–water partition coefficient (Wildman–Crippen LogP) is 0.298. The van der Waals surface area contributed by atoms with Crippen LogP contribution in [0.15, 0.2) is 5.38 Å². The zero-order valence-corrected chi connectivity index (χ0v) is 11.4. The van der Waals surface area contributed by atoms with E-state index in [0.29, 0.717) is 18.1 Å². The maximum absolute atomic E-state index is 11.9. The summed E-state index contributed by atoms with van der Waals surface area (Å²) in [5.74, 6) is -1.05. The molecule has 1 saturated heterocycles. The summed E-state index contributed by atoms with van der Waals surface area (Å²) in [6, 6.07) is -0.125. The van der Waals surface area contributed by atoms with E-state index >= 15 is 0 Å². The highest BCUT2D eigenvalue weighted by molar-refractivity contribution is 7.09. The molecule has 0 saturated carbocycles. The van der Waals surface area contributed by atoms with E-state index in [1.54, 1.807) is 4.90 Å². The number of aromatic carboxylic acids is 1. The van der Waals surface area contributed by atoms with E-state index < -0.39 is 5.97 Å². The summed E-state index contributed by atoms with van der Waals surface area (Å²) in [6.07, 6.45) is 0. The standard InChI is InChI=1S/C11H16N4O3S/c1-14-2-4-15(5-3-14)11(18)12-6-9-13-8(7-19-9)10(16)17/h7H,2-6H2,1H3,(H,12,18)(H,16,17). The highest BCUT2D eigenvalue weighted by Gasteiger charge is 2.19. The minimum absolute atomic E-state index is 0.0221. The molecule has 1 fully saturated rings. The molecule has 2 N–H and O–H groups in total. The van der Waals surface area contributed by atoms with Crippen LogP contribution in [0, 0.1) is 0 Å². The summed E-state index contributed by atoms with van der Waals surface area (Å²) >= 11 is 1.23. The van der Waals surface area contributed by atoms with Gasteiger partial charge < -0.3 is 20.2 Å². The van der Waals surface area contributed by atoms with E-state index in [1.807, 2.05) is 7.05 Å². The second-order valence-corrected chi connectivity index (χ2v) is 5.32. The number of likely N-dealkylation sites (N-methyl/N-ethyl adjacent to an activating group) is 1. The van der Waals surface area contributed by atoms with Gasteiger partial charge in [-0.3, -0.25) is 0 Å². The molecule has 1 aromatic heterocycles. The van der Waals surface area contributed by atoms with Crippen molar-refractivity contribution in [1.82, 2.24) is 20.1 Å². The minimum atomic E-state index is -1.05. The van der Waals surface area contributed by atoms with Crippen LogP contribution in [-0.2, 0) is 6.54 Å². The van der Waals surface area contributed by atoms with Gasteiger partial charge in [-0.25, -0.2) is 14.6 Å². The predicted molar refractivity (Wildman–Crippen MR) is 70.4 cm³/mol. The normalized spacial score (nSPS) is 16.4. The number of carboxylic acids is 1. The first-order valence-electron chi connectivity index (χ1n) is 5.95. The first kappa shape index (κ1) is 13.8. The topological polar surface area (TPSA) is 85.8 Å². The smallest absolute Gasteiger partial charge is 0.355 e. The summed E-state index contributed by atoms with van der Waals surface area (Å²) in [4.78, 5) is 30.4. The molecule has 104 valence electrons. The Morgan fingerprint density at radius 3 is 2.68 bits per heavy atom. The van der Waals surface area contributed by atoms with Crippen LogP contribution in [0.25, 0.3) is 0 Å². The fraction of sp³-hybridized carbons (Fsp3) is 0.545. The highest BCUT2D eigenvalue weighted by Crippen LogP contribution is 2.09. The summed E-state index contributed by atoms with van der Waals surface area (Å²) in [7, 11) is 2.03. The Hall–Kier alpha value is -1.67. The number of thiazole rings is 1. The molecule has 0 spiro atoms. The molecule has 0 bridgehead atoms. The van der Waals surface area contributed by atoms with Crippen molar-refractivity contribution in [3.05, 3.63) is 16.1 Å². The lowest BCUT2D eigenvalue weighted by atomic mass is 10.3. The summed E-state index contributed by atoms with van der Waals surface area (Å²) < 4.78 is 0. The van der Waals surface area contributed by atoms with Crippen LogP contribution >= 0.6 is 11.3 Å². The van der Waals surface area contributed by atoms with Crippen LogP contribution in [0.4, 0.5) is 4.79 Å². The lowest BCUT2D eigenvalue weighted by Crippen LogP contribution is -2.50. The lowest BCUT2D eigenvalue weighted by molar-refractivity contribution is 0.0691. The van der Waals surface area contributed by atoms with Crippen LogP contribution in [-0.4, -0.2) is 65.1 Å². The Morgan fingerprint density at radius 2 is 2.11 bits per heavy atom. The first-order chi connectivity index (χ1) is 9.06. The number of hydrogen-bond acceptors (Lipinski definition) is 5. The van der Waals surface area contributed by atoms with Crippen molar-refractivity contribution in [2.45, 2.75) is 6.54 Å². The van der Waals surface area contributed by atoms with Crippen molar-refractivity contribution in [2.24, 2.45) is 0 Å². The second kappa shape index (κ2) is 5.98. The molecule has 7 nitrogen and oxygen atoms in total. The number of nitrogens with zero attached hydrogens (tertiary/aromatic N) is 3. The zero-order valence-electron chi connectivity index (χ0n) is 10.6. The third kappa shape index (κ3) is 3.65. The Morgan fingerprint density at radius 1 is 1.42 bits per heavy atom. The van der Waals surface area contributed by atoms with Crippen molar-refractivity contribution < 1.29 is 14.7 Å². The van der Waals surface area contributed by atoms with Gasteiger partial charge >= 0.3 is 12.0 Å². The van der Waals surface area contributed by atoms with Crippen molar-refractivity contribution in [2.75, 3.05) is 33.2 Å². The number of rotatable bonds is 3. The molecule has 2 amide bonds. The van der Waals surface area contributed by atoms with Gasteiger partial charge in [-0.05, 0) is 7.05 Å². The van der Waals surface area contributed by atoms with Crippen molar-refractivity contribution in [3.63, 3.8) is 0 Å². The molecule has 1 aliphatic rings. The lowest BCUT2D eigenvalue weighted by Gasteiger charge is -2.32. The highest BCUT2D eigenvalue weighted by atomic mass is 32.1. The van der Waals surface area contributed by atoms with Crippen molar-refractivity contribution in [3.8, 4) is 0 Å². The average molecular weight is 284 g/mol. The molecule has 0 atom stereocenters. The number of carbonyl (C=O) groups excluding carboxylic acids is 1. The van der Waals surface area contributed by atoms with Gasteiger partial charge in [0.25, 0.3) is 0 Å². The number of amides is 2. The molecule has 8 heteroatoms. The number of urea groups is 1. The second-order valence-electron chi connectivity index (χ2n) is 4.38. The number of carboxylic acid groups (broad SMARTS) is 1. The molecule has 1 aliphatic heterocycles. The van der Waals surface area contributed by atoms with Crippen molar-refractivity contribution in [1.29, 1.82) is 0 Å². The summed E-state index contributed by atoms with van der Waals surface area (Å²) in [6.45, 7) is 3.42. The minimum Gasteiger partial charge on any atom is -0.476 e. The number of hydrogen-bond donors (Lipinski definition) is 2. The summed E-state index contributed by atoms with van der Waals surface area (Å²) in [5.41, 5.74) is 0.0221. The third-order valence-electron chi connectivity index (χ3n) is 2.95. The van der Waals surface area contributed by atoms with Gasteiger partial charge in [0.2, 0.25) is 0 Å². The van der Waals surface area contributed by atoms with Gasteiger partial charge in [-0.2, -0.15) is 0 Å². The molecule has 0 aliphatic carbocycles. The van der Waals surface area contributed by atoms with Crippen LogP contribution in [0.5, 0.6) is 0 Å². The van der Waals surface area contributed by atoms with Crippen molar-refractivity contribution >= 4 is 23.3 Å². The van der Waals surface area contributed by atoms with Gasteiger partial charge in [-0.1, -0.05) is 0 Å². The van der Waals surface area contributed by atoms with Gasteiger partial charge in [0.15, 0.2) is 5.69 Å². The van der Waals surface area contributed by atoms with Crippen LogP contribution in [0.1, 0.15) is 15.5 Å². The van der Waals surface area contributed by atoms with E-state index in [9.17, 15) is 9.59 Å². The molecular weight excluding hydrogens is 268 g/mol. The van der Waals surface area contributed by atoms with Gasteiger partial charge in [0, 0.05) is 31.6 Å². The van der Waals surface area contributed by atoms with Gasteiger partial charge in [-0.15, -0.1) is 11.3 Å². The molecule has 0 unspecified atom stereocenters. The number of piperazine rings is 1. The van der Waals surface area contributed by atoms with E-state index in [0.717, 1.165) is 13.1 Å². The Bertz CT molecular complexity index is 468. The molecule has 2 heterocycles. The zero-order chi connectivity index (χ0) is 13.8. The molecule has 19 heavy (non-hydrogen) atoms. The van der Waals surface area contributed by atoms with Gasteiger partial charge in [0.05, 0.1) is 6.54 Å². The van der Waals surface area contributed by atoms with E-state index in [2.05, 4.69) is 15.2 Å². The first-order valence-corrected chi connectivity index (χ1v) is 6.83. The Labute approximate surface area is 114 Å². The molecule has 2 rings (SSSR count). The quantitative estimate of drug-likeness (QED) is 0.833. The molecule has 1 aromatic rings. The molecular formula is C11H16N4O3S. The monoisotopic (exact) mass is 284 g/mol. The van der Waals surface area contributed by atoms with E-state index in [-0.39, 0.29) is 18.3 Å². The average Bonchev–Trinajstić information content (AvgIpc) is 2.86. The van der Waals surface area contributed by atoms with E-state index in [4.69, 9.17) is 5.11 Å². The maximum Gasteiger partial charge on any atom is 0.355 e. The Balaban J connectivity index is 1.81. The van der Waals surface area contributed by atoms with Crippen LogP contribution in [0.2, 0.25) is 0 Å². The largest absolute Gasteiger partial charge is 0.476 e. The number of nitrogens with one attached hydrogen (secondary N) is 1. The number of carbonyl (C=O) groups is 2. The Kier molecular flexibility index (Phi) is 4.33. The van der Waals surface area contributed by atoms with Gasteiger partial charge in [0.1, 0.15) is 5.01 Å². The summed E-state index contributed by atoms with van der Waals surface area (Å²) in [5, 5.41) is 13.6. The fourth-order valence-corrected chi connectivity index (χ4v) is 2.47. The third-order valence-corrected chi connectivity index (χ3v) is 3.80. The fourth-order valence-electron chi connectivity index (χ4n) is 1.76. The van der Waals surface area contributed by atoms with Crippen LogP contribution in [0.3, 0.4) is 0 Å². The SMILES string of the molecule is CN1CCN(C(=O)NCc2nc(C(=O)O)cs2)CC1.